The fourth-order valence-corrected chi connectivity index (χ4v) is 5.61. The summed E-state index contributed by atoms with van der Waals surface area (Å²) in [6.45, 7) is 6.89. The first-order valence-corrected chi connectivity index (χ1v) is 12.3. The summed E-state index contributed by atoms with van der Waals surface area (Å²) in [5, 5.41) is 3.74. The van der Waals surface area contributed by atoms with Crippen LogP contribution >= 0.6 is 22.9 Å². The number of halogens is 2. The zero-order chi connectivity index (χ0) is 23.4. The molecule has 6 rings (SSSR count). The van der Waals surface area contributed by atoms with Crippen LogP contribution in [0.15, 0.2) is 41.9 Å². The number of anilines is 1. The second kappa shape index (κ2) is 8.30. The van der Waals surface area contributed by atoms with E-state index in [4.69, 9.17) is 26.3 Å². The molecule has 0 bridgehead atoms. The van der Waals surface area contributed by atoms with E-state index in [2.05, 4.69) is 22.0 Å². The van der Waals surface area contributed by atoms with Crippen molar-refractivity contribution in [2.75, 3.05) is 31.2 Å². The number of hydrogen-bond donors (Lipinski definition) is 0. The summed E-state index contributed by atoms with van der Waals surface area (Å²) >= 11 is 7.98. The van der Waals surface area contributed by atoms with E-state index >= 15 is 4.39 Å². The minimum Gasteiger partial charge on any atom is -0.378 e. The molecule has 0 aliphatic carbocycles. The highest BCUT2D eigenvalue weighted by molar-refractivity contribution is 7.13. The third-order valence-corrected chi connectivity index (χ3v) is 7.45. The Morgan fingerprint density at radius 2 is 1.88 bits per heavy atom. The van der Waals surface area contributed by atoms with Crippen molar-refractivity contribution < 1.29 is 9.13 Å². The number of rotatable bonds is 3. The molecule has 0 spiro atoms. The molecule has 3 aromatic heterocycles. The third kappa shape index (κ3) is 3.45. The standard InChI is InChI=1S/C25H21ClFN5OS/c1-14-13-34-25(29-14)17-11-16(31-7-9-33-10-8-31)12-21-23(17)30-15(2)32(21)20-5-6-28-24-18(26)3-4-19(27)22(20)24/h3-6,11-13H,7-10H2,1-2H3. The number of thiazole rings is 1. The molecule has 1 saturated heterocycles. The highest BCUT2D eigenvalue weighted by Gasteiger charge is 2.22. The van der Waals surface area contributed by atoms with Gasteiger partial charge >= 0.3 is 0 Å². The molecule has 172 valence electrons. The van der Waals surface area contributed by atoms with E-state index in [9.17, 15) is 0 Å². The Balaban J connectivity index is 1.68. The van der Waals surface area contributed by atoms with Crippen LogP contribution in [-0.2, 0) is 4.74 Å². The Hall–Kier alpha value is -3.07. The van der Waals surface area contributed by atoms with E-state index in [1.807, 2.05) is 29.9 Å². The number of ether oxygens (including phenoxy) is 1. The van der Waals surface area contributed by atoms with Crippen molar-refractivity contribution >= 4 is 50.6 Å². The molecule has 2 aromatic carbocycles. The minimum atomic E-state index is -0.371. The van der Waals surface area contributed by atoms with Crippen LogP contribution in [0.3, 0.4) is 0 Å². The number of fused-ring (bicyclic) bond motifs is 2. The molecule has 6 nitrogen and oxygen atoms in total. The number of pyridine rings is 1. The summed E-state index contributed by atoms with van der Waals surface area (Å²) in [5.74, 6) is 0.374. The summed E-state index contributed by atoms with van der Waals surface area (Å²) in [6.07, 6.45) is 1.66. The maximum atomic E-state index is 15.1. The average molecular weight is 494 g/mol. The number of morpholine rings is 1. The lowest BCUT2D eigenvalue weighted by Gasteiger charge is -2.29. The molecule has 9 heteroatoms. The fourth-order valence-electron chi connectivity index (χ4n) is 4.59. The van der Waals surface area contributed by atoms with Crippen LogP contribution in [0.25, 0.3) is 38.2 Å². The Bertz CT molecular complexity index is 1560. The van der Waals surface area contributed by atoms with Gasteiger partial charge in [-0.15, -0.1) is 11.3 Å². The van der Waals surface area contributed by atoms with Gasteiger partial charge in [-0.3, -0.25) is 9.55 Å². The van der Waals surface area contributed by atoms with E-state index in [0.29, 0.717) is 34.8 Å². The van der Waals surface area contributed by atoms with Crippen LogP contribution in [-0.4, -0.2) is 45.8 Å². The molecular formula is C25H21ClFN5OS. The van der Waals surface area contributed by atoms with Gasteiger partial charge in [0.1, 0.15) is 16.6 Å². The topological polar surface area (TPSA) is 56.1 Å². The summed E-state index contributed by atoms with van der Waals surface area (Å²) in [7, 11) is 0. The van der Waals surface area contributed by atoms with Crippen LogP contribution in [0.2, 0.25) is 5.02 Å². The molecule has 0 saturated carbocycles. The van der Waals surface area contributed by atoms with Gasteiger partial charge in [0.15, 0.2) is 0 Å². The van der Waals surface area contributed by atoms with Crippen molar-refractivity contribution in [2.45, 2.75) is 13.8 Å². The minimum absolute atomic E-state index is 0.371. The maximum Gasteiger partial charge on any atom is 0.134 e. The predicted molar refractivity (Wildman–Crippen MR) is 135 cm³/mol. The van der Waals surface area contributed by atoms with Crippen molar-refractivity contribution in [1.29, 1.82) is 0 Å². The van der Waals surface area contributed by atoms with Gasteiger partial charge in [-0.05, 0) is 44.2 Å². The number of benzene rings is 2. The average Bonchev–Trinajstić information content (AvgIpc) is 3.43. The first-order chi connectivity index (χ1) is 16.5. The molecule has 4 heterocycles. The van der Waals surface area contributed by atoms with Crippen molar-refractivity contribution in [3.05, 3.63) is 64.3 Å². The smallest absolute Gasteiger partial charge is 0.134 e. The largest absolute Gasteiger partial charge is 0.378 e. The van der Waals surface area contributed by atoms with Crippen LogP contribution < -0.4 is 4.90 Å². The molecular weight excluding hydrogens is 473 g/mol. The first kappa shape index (κ1) is 21.5. The second-order valence-electron chi connectivity index (χ2n) is 8.33. The molecule has 0 unspecified atom stereocenters. The lowest BCUT2D eigenvalue weighted by Crippen LogP contribution is -2.36. The van der Waals surface area contributed by atoms with Crippen molar-refractivity contribution in [2.24, 2.45) is 0 Å². The lowest BCUT2D eigenvalue weighted by atomic mass is 10.1. The van der Waals surface area contributed by atoms with E-state index in [1.165, 1.54) is 12.1 Å². The number of aromatic nitrogens is 4. The van der Waals surface area contributed by atoms with Gasteiger partial charge in [0.05, 0.1) is 45.9 Å². The monoisotopic (exact) mass is 493 g/mol. The Morgan fingerprint density at radius 3 is 2.65 bits per heavy atom. The maximum absolute atomic E-state index is 15.1. The molecule has 0 atom stereocenters. The summed E-state index contributed by atoms with van der Waals surface area (Å²) < 4.78 is 22.7. The quantitative estimate of drug-likeness (QED) is 0.311. The van der Waals surface area contributed by atoms with E-state index in [1.54, 1.807) is 17.5 Å². The van der Waals surface area contributed by atoms with E-state index in [-0.39, 0.29) is 5.82 Å². The van der Waals surface area contributed by atoms with Gasteiger partial charge in [0.25, 0.3) is 0 Å². The molecule has 0 amide bonds. The Morgan fingerprint density at radius 1 is 1.06 bits per heavy atom. The molecule has 34 heavy (non-hydrogen) atoms. The number of imidazole rings is 1. The molecule has 0 radical (unpaired) electrons. The van der Waals surface area contributed by atoms with Gasteiger partial charge in [-0.1, -0.05) is 11.6 Å². The fraction of sp³-hybridized carbons (Fsp3) is 0.240. The normalized spacial score (nSPS) is 14.4. The van der Waals surface area contributed by atoms with E-state index < -0.39 is 0 Å². The molecule has 0 N–H and O–H groups in total. The Kier molecular flexibility index (Phi) is 5.24. The van der Waals surface area contributed by atoms with Crippen molar-refractivity contribution in [1.82, 2.24) is 19.5 Å². The second-order valence-corrected chi connectivity index (χ2v) is 9.60. The van der Waals surface area contributed by atoms with Gasteiger partial charge in [-0.25, -0.2) is 14.4 Å². The van der Waals surface area contributed by atoms with Crippen LogP contribution in [0.4, 0.5) is 10.1 Å². The van der Waals surface area contributed by atoms with Gasteiger partial charge in [0, 0.05) is 41.6 Å². The summed E-state index contributed by atoms with van der Waals surface area (Å²) in [4.78, 5) is 16.3. The third-order valence-electron chi connectivity index (χ3n) is 6.15. The summed E-state index contributed by atoms with van der Waals surface area (Å²) in [6, 6.07) is 9.01. The Labute approximate surface area is 204 Å². The van der Waals surface area contributed by atoms with Gasteiger partial charge in [-0.2, -0.15) is 0 Å². The van der Waals surface area contributed by atoms with Gasteiger partial charge in [0.2, 0.25) is 0 Å². The number of hydrogen-bond acceptors (Lipinski definition) is 6. The van der Waals surface area contributed by atoms with Crippen LogP contribution in [0.1, 0.15) is 11.5 Å². The first-order valence-electron chi connectivity index (χ1n) is 11.0. The molecule has 1 fully saturated rings. The van der Waals surface area contributed by atoms with Crippen molar-refractivity contribution in [3.63, 3.8) is 0 Å². The highest BCUT2D eigenvalue weighted by atomic mass is 35.5. The zero-order valence-electron chi connectivity index (χ0n) is 18.7. The number of nitrogens with zero attached hydrogens (tertiary/aromatic N) is 5. The van der Waals surface area contributed by atoms with Crippen LogP contribution in [0, 0.1) is 19.7 Å². The molecule has 1 aliphatic rings. The molecule has 5 aromatic rings. The SMILES string of the molecule is Cc1csc(-c2cc(N3CCOCC3)cc3c2nc(C)n3-c2ccnc3c(Cl)ccc(F)c23)n1. The highest BCUT2D eigenvalue weighted by Crippen LogP contribution is 2.38. The van der Waals surface area contributed by atoms with Gasteiger partial charge < -0.3 is 9.64 Å². The summed E-state index contributed by atoms with van der Waals surface area (Å²) in [5.41, 5.74) is 5.81. The van der Waals surface area contributed by atoms with E-state index in [0.717, 1.165) is 51.9 Å². The predicted octanol–water partition coefficient (Wildman–Crippen LogP) is 5.94. The molecule has 1 aliphatic heterocycles. The lowest BCUT2D eigenvalue weighted by molar-refractivity contribution is 0.122. The van der Waals surface area contributed by atoms with Crippen molar-refractivity contribution in [3.8, 4) is 16.3 Å². The number of aryl methyl sites for hydroxylation is 2. The zero-order valence-corrected chi connectivity index (χ0v) is 20.3. The van der Waals surface area contributed by atoms with Crippen LogP contribution in [0.5, 0.6) is 0 Å².